The highest BCUT2D eigenvalue weighted by molar-refractivity contribution is 5.71. The van der Waals surface area contributed by atoms with Crippen LogP contribution in [-0.2, 0) is 24.3 Å². The maximum absolute atomic E-state index is 11.1. The summed E-state index contributed by atoms with van der Waals surface area (Å²) in [5, 5.41) is 11.1. The van der Waals surface area contributed by atoms with E-state index in [1.54, 1.807) is 41.5 Å². The van der Waals surface area contributed by atoms with E-state index in [1.807, 2.05) is 0 Å². The fourth-order valence-electron chi connectivity index (χ4n) is 0.729. The normalized spacial score (nSPS) is 13.9. The number of hydrogen-bond donors (Lipinski definition) is 0. The Morgan fingerprint density at radius 3 is 1.37 bits per heavy atom. The molecule has 0 atom stereocenters. The van der Waals surface area contributed by atoms with Crippen LogP contribution < -0.4 is 5.11 Å². The number of hydrogen-bond acceptors (Lipinski definition) is 6. The Morgan fingerprint density at radius 1 is 0.842 bits per heavy atom. The zero-order valence-electron chi connectivity index (χ0n) is 13.0. The van der Waals surface area contributed by atoms with Crippen LogP contribution in [0.1, 0.15) is 55.4 Å². The molecule has 0 amide bonds. The monoisotopic (exact) mass is 277 g/mol. The molecule has 0 rings (SSSR count). The van der Waals surface area contributed by atoms with Crippen molar-refractivity contribution in [2.24, 2.45) is 5.41 Å². The molecule has 6 heteroatoms. The first-order valence-electron chi connectivity index (χ1n) is 6.16. The van der Waals surface area contributed by atoms with Crippen molar-refractivity contribution in [3.63, 3.8) is 0 Å². The number of carboxylic acid groups (broad SMARTS) is 1. The second-order valence-electron chi connectivity index (χ2n) is 6.92. The van der Waals surface area contributed by atoms with E-state index in [9.17, 15) is 9.90 Å². The molecule has 0 aliphatic heterocycles. The smallest absolute Gasteiger partial charge is 0.234 e. The Morgan fingerprint density at radius 2 is 1.16 bits per heavy atom. The second-order valence-corrected chi connectivity index (χ2v) is 6.92. The van der Waals surface area contributed by atoms with Gasteiger partial charge in [0.15, 0.2) is 0 Å². The van der Waals surface area contributed by atoms with Crippen LogP contribution in [0, 0.1) is 5.41 Å². The summed E-state index contributed by atoms with van der Waals surface area (Å²) in [6.45, 7) is 13.4. The summed E-state index contributed by atoms with van der Waals surface area (Å²) < 4.78 is 0. The average Bonchev–Trinajstić information content (AvgIpc) is 2.13. The highest BCUT2D eigenvalue weighted by Gasteiger charge is 2.37. The van der Waals surface area contributed by atoms with E-state index in [0.717, 1.165) is 0 Å². The largest absolute Gasteiger partial charge is 0.549 e. The lowest BCUT2D eigenvalue weighted by molar-refractivity contribution is -0.514. The van der Waals surface area contributed by atoms with E-state index in [4.69, 9.17) is 19.6 Å². The van der Waals surface area contributed by atoms with Crippen LogP contribution in [0.3, 0.4) is 0 Å². The van der Waals surface area contributed by atoms with Crippen LogP contribution in [0.2, 0.25) is 0 Å². The summed E-state index contributed by atoms with van der Waals surface area (Å²) in [6.07, 6.45) is -1.25. The molecule has 0 aromatic rings. The van der Waals surface area contributed by atoms with Crippen molar-refractivity contribution < 1.29 is 29.5 Å². The van der Waals surface area contributed by atoms with E-state index < -0.39 is 28.9 Å². The van der Waals surface area contributed by atoms with E-state index in [-0.39, 0.29) is 0 Å². The number of rotatable bonds is 6. The van der Waals surface area contributed by atoms with Gasteiger partial charge in [-0.3, -0.25) is 0 Å². The van der Waals surface area contributed by atoms with Crippen molar-refractivity contribution in [3.05, 3.63) is 0 Å². The topological polar surface area (TPSA) is 77.0 Å². The van der Waals surface area contributed by atoms with Gasteiger partial charge in [-0.05, 0) is 55.4 Å². The summed E-state index contributed by atoms with van der Waals surface area (Å²) in [4.78, 5) is 31.4. The maximum atomic E-state index is 11.1. The van der Waals surface area contributed by atoms with Gasteiger partial charge >= 0.3 is 0 Å². The van der Waals surface area contributed by atoms with Gasteiger partial charge in [0.05, 0.1) is 22.6 Å². The predicted octanol–water partition coefficient (Wildman–Crippen LogP) is 1.58. The third-order valence-corrected chi connectivity index (χ3v) is 1.89. The van der Waals surface area contributed by atoms with Crippen molar-refractivity contribution in [1.82, 2.24) is 0 Å². The highest BCUT2D eigenvalue weighted by atomic mass is 17.3. The van der Waals surface area contributed by atoms with Gasteiger partial charge in [0, 0.05) is 0 Å². The van der Waals surface area contributed by atoms with Crippen molar-refractivity contribution in [2.75, 3.05) is 0 Å². The first-order valence-corrected chi connectivity index (χ1v) is 6.16. The molecule has 0 radical (unpaired) electrons. The number of aliphatic carboxylic acids is 1. The average molecular weight is 277 g/mol. The summed E-state index contributed by atoms with van der Waals surface area (Å²) >= 11 is 0. The predicted molar refractivity (Wildman–Crippen MR) is 66.4 cm³/mol. The Balaban J connectivity index is 4.79. The third-order valence-electron chi connectivity index (χ3n) is 1.89. The van der Waals surface area contributed by atoms with Gasteiger partial charge in [-0.25, -0.2) is 9.78 Å². The minimum Gasteiger partial charge on any atom is -0.549 e. The van der Waals surface area contributed by atoms with Gasteiger partial charge in [-0.15, -0.1) is 0 Å². The molecule has 0 aromatic heterocycles. The molecule has 114 valence electrons. The summed E-state index contributed by atoms with van der Waals surface area (Å²) in [5.74, 6) is -1.33. The summed E-state index contributed by atoms with van der Waals surface area (Å²) in [7, 11) is 0. The van der Waals surface area contributed by atoms with Crippen molar-refractivity contribution in [2.45, 2.75) is 72.9 Å². The minimum atomic E-state index is -1.43. The van der Waals surface area contributed by atoms with Gasteiger partial charge in [-0.1, -0.05) is 0 Å². The fourth-order valence-corrected chi connectivity index (χ4v) is 0.729. The lowest BCUT2D eigenvalue weighted by atomic mass is 9.93. The van der Waals surface area contributed by atoms with Crippen molar-refractivity contribution in [3.8, 4) is 0 Å². The number of carbonyl (C=O) groups excluding carboxylic acids is 1. The molecule has 0 N–H and O–H groups in total. The van der Waals surface area contributed by atoms with Crippen molar-refractivity contribution >= 4 is 5.97 Å². The van der Waals surface area contributed by atoms with Gasteiger partial charge in [0.1, 0.15) is 0 Å². The number of carbonyl (C=O) groups is 1. The molecule has 0 aliphatic carbocycles. The number of carboxylic acids is 1. The maximum Gasteiger partial charge on any atom is 0.234 e. The Hall–Kier alpha value is -0.690. The molecule has 0 aliphatic rings. The SMILES string of the molecule is CC(C)(C)OOC(OOC(C)(C)C)C(C)(C)C(=O)[O-]. The lowest BCUT2D eigenvalue weighted by Crippen LogP contribution is -2.49. The first kappa shape index (κ1) is 18.3. The summed E-state index contributed by atoms with van der Waals surface area (Å²) in [5.41, 5.74) is -2.65. The van der Waals surface area contributed by atoms with Crippen LogP contribution in [0.4, 0.5) is 0 Å². The highest BCUT2D eigenvalue weighted by Crippen LogP contribution is 2.27. The van der Waals surface area contributed by atoms with E-state index in [0.29, 0.717) is 0 Å². The Labute approximate surface area is 114 Å². The Kier molecular flexibility index (Phi) is 5.95. The first-order chi connectivity index (χ1) is 8.26. The standard InChI is InChI=1S/C13H26O6/c1-11(2,3)18-16-10(13(7,8)9(14)15)17-19-12(4,5)6/h10H,1-8H3,(H,14,15)/p-1. The van der Waals surface area contributed by atoms with Crippen LogP contribution in [-0.4, -0.2) is 23.5 Å². The van der Waals surface area contributed by atoms with Crippen molar-refractivity contribution in [1.29, 1.82) is 0 Å². The third kappa shape index (κ3) is 7.47. The molecule has 19 heavy (non-hydrogen) atoms. The van der Waals surface area contributed by atoms with Crippen LogP contribution in [0.15, 0.2) is 0 Å². The molecular formula is C13H25O6-. The van der Waals surface area contributed by atoms with Gasteiger partial charge in [0.2, 0.25) is 6.29 Å². The van der Waals surface area contributed by atoms with E-state index in [1.165, 1.54) is 13.8 Å². The van der Waals surface area contributed by atoms with Crippen LogP contribution in [0.25, 0.3) is 0 Å². The molecule has 0 spiro atoms. The fraction of sp³-hybridized carbons (Fsp3) is 0.923. The lowest BCUT2D eigenvalue weighted by Gasteiger charge is -2.35. The quantitative estimate of drug-likeness (QED) is 0.417. The molecule has 0 heterocycles. The molecule has 0 aromatic carbocycles. The molecular weight excluding hydrogens is 252 g/mol. The Bertz CT molecular complexity index is 279. The zero-order chi connectivity index (χ0) is 15.5. The van der Waals surface area contributed by atoms with Crippen LogP contribution >= 0.6 is 0 Å². The van der Waals surface area contributed by atoms with Gasteiger partial charge in [-0.2, -0.15) is 9.78 Å². The molecule has 0 saturated heterocycles. The minimum absolute atomic E-state index is 0.606. The molecule has 6 nitrogen and oxygen atoms in total. The zero-order valence-corrected chi connectivity index (χ0v) is 13.0. The molecule has 0 unspecified atom stereocenters. The second kappa shape index (κ2) is 6.17. The van der Waals surface area contributed by atoms with Gasteiger partial charge in [0.25, 0.3) is 0 Å². The van der Waals surface area contributed by atoms with E-state index in [2.05, 4.69) is 0 Å². The molecule has 0 fully saturated rings. The molecule has 0 bridgehead atoms. The van der Waals surface area contributed by atoms with Gasteiger partial charge < -0.3 is 9.90 Å². The van der Waals surface area contributed by atoms with Crippen LogP contribution in [0.5, 0.6) is 0 Å². The molecule has 0 saturated carbocycles. The summed E-state index contributed by atoms with van der Waals surface area (Å²) in [6, 6.07) is 0. The van der Waals surface area contributed by atoms with E-state index >= 15 is 0 Å².